The molecule has 2 rings (SSSR count). The lowest BCUT2D eigenvalue weighted by atomic mass is 9.91. The molecule has 0 amide bonds. The van der Waals surface area contributed by atoms with Crippen LogP contribution in [-0.4, -0.2) is 23.3 Å². The first kappa shape index (κ1) is 13.5. The minimum absolute atomic E-state index is 0.106. The second-order valence-corrected chi connectivity index (χ2v) is 6.03. The number of rotatable bonds is 1. The van der Waals surface area contributed by atoms with Gasteiger partial charge in [0.15, 0.2) is 0 Å². The Bertz CT molecular complexity index is 456. The van der Waals surface area contributed by atoms with E-state index in [1.807, 2.05) is 32.0 Å². The van der Waals surface area contributed by atoms with Gasteiger partial charge in [0.25, 0.3) is 0 Å². The maximum atomic E-state index is 10.8. The van der Waals surface area contributed by atoms with Crippen molar-refractivity contribution in [3.8, 4) is 0 Å². The van der Waals surface area contributed by atoms with Crippen LogP contribution in [0.1, 0.15) is 37.5 Å². The van der Waals surface area contributed by atoms with Crippen molar-refractivity contribution >= 4 is 0 Å². The molecule has 18 heavy (non-hydrogen) atoms. The van der Waals surface area contributed by atoms with Crippen LogP contribution in [0.4, 0.5) is 0 Å². The van der Waals surface area contributed by atoms with Gasteiger partial charge in [-0.25, -0.2) is 0 Å². The Kier molecular flexibility index (Phi) is 3.26. The number of hydrogen-bond donors (Lipinski definition) is 2. The van der Waals surface area contributed by atoms with Gasteiger partial charge < -0.3 is 15.2 Å². The SMILES string of the molecule is Cc1ccc(C2(O)OCC(C)(C)NC2C)cc1C. The Morgan fingerprint density at radius 3 is 2.50 bits per heavy atom. The van der Waals surface area contributed by atoms with Gasteiger partial charge in [-0.3, -0.25) is 0 Å². The number of ether oxygens (including phenoxy) is 1. The fraction of sp³-hybridized carbons (Fsp3) is 0.600. The zero-order chi connectivity index (χ0) is 13.6. The lowest BCUT2D eigenvalue weighted by molar-refractivity contribution is -0.263. The van der Waals surface area contributed by atoms with Crippen LogP contribution in [0.3, 0.4) is 0 Å². The third-order valence-electron chi connectivity index (χ3n) is 3.77. The molecule has 2 N–H and O–H groups in total. The van der Waals surface area contributed by atoms with E-state index in [0.717, 1.165) is 5.56 Å². The Balaban J connectivity index is 2.34. The molecule has 1 aliphatic heterocycles. The summed E-state index contributed by atoms with van der Waals surface area (Å²) in [6.45, 7) is 10.7. The lowest BCUT2D eigenvalue weighted by Gasteiger charge is -2.46. The molecule has 1 aliphatic rings. The van der Waals surface area contributed by atoms with Gasteiger partial charge in [-0.15, -0.1) is 0 Å². The summed E-state index contributed by atoms with van der Waals surface area (Å²) < 4.78 is 5.77. The molecular formula is C15H23NO2. The van der Waals surface area contributed by atoms with Crippen LogP contribution < -0.4 is 5.32 Å². The van der Waals surface area contributed by atoms with E-state index in [9.17, 15) is 5.11 Å². The minimum Gasteiger partial charge on any atom is -0.361 e. The summed E-state index contributed by atoms with van der Waals surface area (Å²) in [4.78, 5) is 0. The number of aliphatic hydroxyl groups is 1. The van der Waals surface area contributed by atoms with Gasteiger partial charge >= 0.3 is 0 Å². The normalized spacial score (nSPS) is 31.3. The van der Waals surface area contributed by atoms with Gasteiger partial charge in [-0.2, -0.15) is 0 Å². The standard InChI is InChI=1S/C15H23NO2/c1-10-6-7-13(8-11(10)2)15(17)12(3)16-14(4,5)9-18-15/h6-8,12,16-17H,9H2,1-5H3. The molecule has 100 valence electrons. The average molecular weight is 249 g/mol. The number of benzene rings is 1. The van der Waals surface area contributed by atoms with E-state index in [1.54, 1.807) is 0 Å². The van der Waals surface area contributed by atoms with Gasteiger partial charge in [-0.05, 0) is 45.7 Å². The van der Waals surface area contributed by atoms with Crippen molar-refractivity contribution in [1.82, 2.24) is 5.32 Å². The third kappa shape index (κ3) is 2.30. The first-order valence-electron chi connectivity index (χ1n) is 6.46. The van der Waals surface area contributed by atoms with Gasteiger partial charge in [-0.1, -0.05) is 18.2 Å². The van der Waals surface area contributed by atoms with Crippen LogP contribution in [0.5, 0.6) is 0 Å². The number of aryl methyl sites for hydroxylation is 2. The molecule has 1 fully saturated rings. The second-order valence-electron chi connectivity index (χ2n) is 6.03. The van der Waals surface area contributed by atoms with Crippen molar-refractivity contribution in [2.45, 2.75) is 52.0 Å². The molecule has 1 aromatic rings. The fourth-order valence-electron chi connectivity index (χ4n) is 2.44. The molecule has 0 bridgehead atoms. The zero-order valence-electron chi connectivity index (χ0n) is 11.9. The van der Waals surface area contributed by atoms with Gasteiger partial charge in [0.1, 0.15) is 0 Å². The van der Waals surface area contributed by atoms with Crippen molar-refractivity contribution in [2.75, 3.05) is 6.61 Å². The van der Waals surface area contributed by atoms with E-state index in [0.29, 0.717) is 6.61 Å². The molecule has 1 saturated heterocycles. The molecule has 2 unspecified atom stereocenters. The number of nitrogens with one attached hydrogen (secondary N) is 1. The number of hydrogen-bond acceptors (Lipinski definition) is 3. The van der Waals surface area contributed by atoms with Crippen molar-refractivity contribution < 1.29 is 9.84 Å². The molecule has 3 heteroatoms. The molecule has 0 saturated carbocycles. The fourth-order valence-corrected chi connectivity index (χ4v) is 2.44. The quantitative estimate of drug-likeness (QED) is 0.802. The van der Waals surface area contributed by atoms with E-state index < -0.39 is 5.79 Å². The average Bonchev–Trinajstić information content (AvgIpc) is 2.27. The zero-order valence-corrected chi connectivity index (χ0v) is 11.9. The predicted octanol–water partition coefficient (Wildman–Crippen LogP) is 2.24. The Morgan fingerprint density at radius 2 is 1.94 bits per heavy atom. The Morgan fingerprint density at radius 1 is 1.28 bits per heavy atom. The molecule has 1 heterocycles. The maximum Gasteiger partial charge on any atom is 0.208 e. The highest BCUT2D eigenvalue weighted by Crippen LogP contribution is 2.33. The molecule has 2 atom stereocenters. The van der Waals surface area contributed by atoms with Crippen molar-refractivity contribution in [3.05, 3.63) is 34.9 Å². The largest absolute Gasteiger partial charge is 0.361 e. The molecule has 0 radical (unpaired) electrons. The summed E-state index contributed by atoms with van der Waals surface area (Å²) >= 11 is 0. The molecule has 0 spiro atoms. The molecular weight excluding hydrogens is 226 g/mol. The second kappa shape index (κ2) is 4.34. The van der Waals surface area contributed by atoms with Crippen LogP contribution in [0, 0.1) is 13.8 Å². The topological polar surface area (TPSA) is 41.5 Å². The summed E-state index contributed by atoms with van der Waals surface area (Å²) in [5, 5.41) is 14.2. The molecule has 0 aromatic heterocycles. The monoisotopic (exact) mass is 249 g/mol. The van der Waals surface area contributed by atoms with Crippen LogP contribution in [0.25, 0.3) is 0 Å². The molecule has 1 aromatic carbocycles. The van der Waals surface area contributed by atoms with Crippen LogP contribution >= 0.6 is 0 Å². The van der Waals surface area contributed by atoms with Crippen molar-refractivity contribution in [3.63, 3.8) is 0 Å². The predicted molar refractivity (Wildman–Crippen MR) is 72.4 cm³/mol. The smallest absolute Gasteiger partial charge is 0.208 e. The van der Waals surface area contributed by atoms with E-state index >= 15 is 0 Å². The molecule has 3 nitrogen and oxygen atoms in total. The highest BCUT2D eigenvalue weighted by Gasteiger charge is 2.44. The van der Waals surface area contributed by atoms with Crippen LogP contribution in [0.15, 0.2) is 18.2 Å². The highest BCUT2D eigenvalue weighted by atomic mass is 16.6. The summed E-state index contributed by atoms with van der Waals surface area (Å²) in [5.41, 5.74) is 3.10. The first-order chi connectivity index (χ1) is 8.24. The van der Waals surface area contributed by atoms with Crippen LogP contribution in [-0.2, 0) is 10.5 Å². The lowest BCUT2D eigenvalue weighted by Crippen LogP contribution is -2.63. The summed E-state index contributed by atoms with van der Waals surface area (Å²) in [6.07, 6.45) is 0. The van der Waals surface area contributed by atoms with Gasteiger partial charge in [0, 0.05) is 11.1 Å². The summed E-state index contributed by atoms with van der Waals surface area (Å²) in [7, 11) is 0. The number of morpholine rings is 1. The van der Waals surface area contributed by atoms with E-state index in [2.05, 4.69) is 26.1 Å². The Hall–Kier alpha value is -0.900. The molecule has 0 aliphatic carbocycles. The highest BCUT2D eigenvalue weighted by molar-refractivity contribution is 5.33. The van der Waals surface area contributed by atoms with Gasteiger partial charge in [0.05, 0.1) is 12.6 Å². The summed E-state index contributed by atoms with van der Waals surface area (Å²) in [5.74, 6) is -1.24. The van der Waals surface area contributed by atoms with E-state index in [1.165, 1.54) is 11.1 Å². The first-order valence-corrected chi connectivity index (χ1v) is 6.46. The van der Waals surface area contributed by atoms with E-state index in [4.69, 9.17) is 4.74 Å². The summed E-state index contributed by atoms with van der Waals surface area (Å²) in [6, 6.07) is 5.83. The van der Waals surface area contributed by atoms with Crippen molar-refractivity contribution in [1.29, 1.82) is 0 Å². The minimum atomic E-state index is -1.24. The van der Waals surface area contributed by atoms with Gasteiger partial charge in [0.2, 0.25) is 5.79 Å². The van der Waals surface area contributed by atoms with Crippen molar-refractivity contribution in [2.24, 2.45) is 0 Å². The Labute approximate surface area is 109 Å². The third-order valence-corrected chi connectivity index (χ3v) is 3.77. The maximum absolute atomic E-state index is 10.8. The van der Waals surface area contributed by atoms with Crippen LogP contribution in [0.2, 0.25) is 0 Å². The van der Waals surface area contributed by atoms with E-state index in [-0.39, 0.29) is 11.6 Å².